The van der Waals surface area contributed by atoms with Crippen molar-refractivity contribution in [3.05, 3.63) is 47.3 Å². The zero-order valence-corrected chi connectivity index (χ0v) is 28.2. The van der Waals surface area contributed by atoms with Crippen LogP contribution in [0.5, 0.6) is 5.88 Å². The van der Waals surface area contributed by atoms with Crippen LogP contribution in [-0.2, 0) is 11.3 Å². The van der Waals surface area contributed by atoms with Crippen molar-refractivity contribution in [3.63, 3.8) is 0 Å². The van der Waals surface area contributed by atoms with Gasteiger partial charge in [0.1, 0.15) is 17.0 Å². The van der Waals surface area contributed by atoms with Gasteiger partial charge in [-0.25, -0.2) is 9.97 Å². The minimum atomic E-state index is 0.0178. The number of ether oxygens (including phenoxy) is 1. The highest BCUT2D eigenvalue weighted by molar-refractivity contribution is 5.97. The minimum absolute atomic E-state index is 0.0178. The van der Waals surface area contributed by atoms with Gasteiger partial charge in [-0.2, -0.15) is 0 Å². The molecular formula is C38H47N7O3. The van der Waals surface area contributed by atoms with Crippen molar-refractivity contribution in [2.24, 2.45) is 17.6 Å². The number of fused-ring (bicyclic) bond motifs is 4. The summed E-state index contributed by atoms with van der Waals surface area (Å²) in [5.41, 5.74) is 12.7. The monoisotopic (exact) mass is 649 g/mol. The molecule has 2 saturated carbocycles. The Kier molecular flexibility index (Phi) is 7.29. The van der Waals surface area contributed by atoms with E-state index in [1.165, 1.54) is 25.7 Å². The molecule has 3 aliphatic heterocycles. The van der Waals surface area contributed by atoms with E-state index in [0.29, 0.717) is 28.9 Å². The first-order valence-corrected chi connectivity index (χ1v) is 18.3. The molecule has 5 fully saturated rings. The molecule has 4 aromatic rings. The number of amides is 2. The van der Waals surface area contributed by atoms with E-state index in [1.54, 1.807) is 7.11 Å². The molecule has 0 spiro atoms. The summed E-state index contributed by atoms with van der Waals surface area (Å²) in [6, 6.07) is 10.8. The van der Waals surface area contributed by atoms with Crippen LogP contribution in [-0.4, -0.2) is 78.9 Å². The molecule has 0 radical (unpaired) electrons. The lowest BCUT2D eigenvalue weighted by Crippen LogP contribution is -2.42. The van der Waals surface area contributed by atoms with Crippen LogP contribution in [0.4, 0.5) is 0 Å². The third-order valence-corrected chi connectivity index (χ3v) is 12.2. The van der Waals surface area contributed by atoms with Crippen molar-refractivity contribution in [3.8, 4) is 17.3 Å². The van der Waals surface area contributed by atoms with E-state index in [1.807, 2.05) is 21.4 Å². The largest absolute Gasteiger partial charge is 0.482 e. The van der Waals surface area contributed by atoms with Crippen LogP contribution in [0.1, 0.15) is 98.3 Å². The van der Waals surface area contributed by atoms with Crippen molar-refractivity contribution >= 4 is 28.5 Å². The van der Waals surface area contributed by atoms with E-state index in [4.69, 9.17) is 20.4 Å². The molecule has 4 aromatic heterocycles. The maximum Gasteiger partial charge on any atom is 0.254 e. The first kappa shape index (κ1) is 30.2. The molecule has 9 rings (SSSR count). The zero-order valence-electron chi connectivity index (χ0n) is 28.2. The number of pyridine rings is 2. The highest BCUT2D eigenvalue weighted by Crippen LogP contribution is 2.40. The Morgan fingerprint density at radius 2 is 1.81 bits per heavy atom. The van der Waals surface area contributed by atoms with Crippen LogP contribution in [0.3, 0.4) is 0 Å². The van der Waals surface area contributed by atoms with Gasteiger partial charge in [-0.15, -0.1) is 0 Å². The van der Waals surface area contributed by atoms with Gasteiger partial charge in [0.15, 0.2) is 5.88 Å². The quantitative estimate of drug-likeness (QED) is 0.276. The standard InChI is InChI=1S/C38H47N7O3/c1-22-35(41-33-17-27(18-34(48-2)44(22)33)38(47)45-28-12-14-31(45)29(39)19-28)32-16-25-11-13-30(40-36(25)43(32)20-23-9-10-23)26-8-5-15-42(21-26)37(46)24-6-3-4-7-24/h11,13,16-18,23-24,26,28-29,31H,3-10,12,14-15,19-21,39H2,1-2H3/t26?,28-,29+,31+/m0/s1. The third-order valence-electron chi connectivity index (χ3n) is 12.2. The van der Waals surface area contributed by atoms with Gasteiger partial charge in [0, 0.05) is 72.3 Å². The molecule has 5 aliphatic rings. The first-order chi connectivity index (χ1) is 23.4. The van der Waals surface area contributed by atoms with Crippen LogP contribution in [0.25, 0.3) is 28.1 Å². The smallest absolute Gasteiger partial charge is 0.254 e. The molecule has 10 heteroatoms. The molecule has 0 aromatic carbocycles. The van der Waals surface area contributed by atoms with E-state index in [0.717, 1.165) is 98.4 Å². The molecule has 4 atom stereocenters. The van der Waals surface area contributed by atoms with E-state index in [2.05, 4.69) is 34.6 Å². The van der Waals surface area contributed by atoms with Gasteiger partial charge >= 0.3 is 0 Å². The number of nitrogens with two attached hydrogens (primary N) is 1. The Hall–Kier alpha value is -3.92. The van der Waals surface area contributed by atoms with Gasteiger partial charge in [-0.05, 0) is 94.9 Å². The molecule has 2 bridgehead atoms. The summed E-state index contributed by atoms with van der Waals surface area (Å²) in [4.78, 5) is 41.8. The van der Waals surface area contributed by atoms with Gasteiger partial charge in [0.25, 0.3) is 5.91 Å². The van der Waals surface area contributed by atoms with Crippen molar-refractivity contribution in [1.29, 1.82) is 0 Å². The first-order valence-electron chi connectivity index (χ1n) is 18.3. The second-order valence-electron chi connectivity index (χ2n) is 15.3. The number of methoxy groups -OCH3 is 1. The summed E-state index contributed by atoms with van der Waals surface area (Å²) in [7, 11) is 1.65. The fraction of sp³-hybridized carbons (Fsp3) is 0.579. The number of hydrogen-bond donors (Lipinski definition) is 1. The Labute approximate surface area is 281 Å². The van der Waals surface area contributed by atoms with Crippen LogP contribution in [0.15, 0.2) is 30.3 Å². The fourth-order valence-corrected chi connectivity index (χ4v) is 9.45. The number of carbonyl (C=O) groups excluding carboxylic acids is 2. The number of piperidine rings is 1. The highest BCUT2D eigenvalue weighted by Gasteiger charge is 2.47. The average Bonchev–Trinajstić information content (AvgIpc) is 3.52. The Bertz CT molecular complexity index is 1920. The molecule has 1 unspecified atom stereocenters. The second kappa shape index (κ2) is 11.6. The van der Waals surface area contributed by atoms with E-state index in [9.17, 15) is 9.59 Å². The van der Waals surface area contributed by atoms with E-state index < -0.39 is 0 Å². The summed E-state index contributed by atoms with van der Waals surface area (Å²) < 4.78 is 10.3. The van der Waals surface area contributed by atoms with Crippen molar-refractivity contribution in [1.82, 2.24) is 28.7 Å². The number of aryl methyl sites for hydroxylation is 1. The fourth-order valence-electron chi connectivity index (χ4n) is 9.45. The molecule has 7 heterocycles. The van der Waals surface area contributed by atoms with Crippen LogP contribution in [0.2, 0.25) is 0 Å². The summed E-state index contributed by atoms with van der Waals surface area (Å²) >= 11 is 0. The van der Waals surface area contributed by atoms with Gasteiger partial charge < -0.3 is 24.8 Å². The number of hydrogen-bond acceptors (Lipinski definition) is 6. The Balaban J connectivity index is 1.08. The SMILES string of the molecule is COc1cc(C(=O)N2[C@H]3CC[C@@H]2[C@H](N)C3)cc2nc(-c3cc4ccc(C5CCCN(C(=O)C6CCCC6)C5)nc4n3CC3CC3)c(C)n12. The third kappa shape index (κ3) is 4.92. The number of likely N-dealkylation sites (tertiary alicyclic amines) is 1. The number of aromatic nitrogens is 4. The maximum absolute atomic E-state index is 13.9. The molecule has 48 heavy (non-hydrogen) atoms. The van der Waals surface area contributed by atoms with Crippen molar-refractivity contribution in [2.75, 3.05) is 20.2 Å². The number of nitrogens with zero attached hydrogens (tertiary/aromatic N) is 6. The van der Waals surface area contributed by atoms with E-state index >= 15 is 0 Å². The minimum Gasteiger partial charge on any atom is -0.482 e. The summed E-state index contributed by atoms with van der Waals surface area (Å²) in [6.45, 7) is 4.61. The predicted molar refractivity (Wildman–Crippen MR) is 184 cm³/mol. The molecule has 252 valence electrons. The summed E-state index contributed by atoms with van der Waals surface area (Å²) in [5, 5.41) is 1.10. The average molecular weight is 650 g/mol. The lowest BCUT2D eigenvalue weighted by Gasteiger charge is -2.34. The van der Waals surface area contributed by atoms with E-state index in [-0.39, 0.29) is 35.9 Å². The van der Waals surface area contributed by atoms with Crippen LogP contribution < -0.4 is 10.5 Å². The zero-order chi connectivity index (χ0) is 32.7. The molecular weight excluding hydrogens is 602 g/mol. The highest BCUT2D eigenvalue weighted by atomic mass is 16.5. The number of imidazole rings is 1. The number of carbonyl (C=O) groups is 2. The molecule has 2 aliphatic carbocycles. The lowest BCUT2D eigenvalue weighted by atomic mass is 9.93. The van der Waals surface area contributed by atoms with Crippen LogP contribution in [0, 0.1) is 18.8 Å². The van der Waals surface area contributed by atoms with Gasteiger partial charge in [0.05, 0.1) is 18.5 Å². The van der Waals surface area contributed by atoms with Crippen molar-refractivity contribution in [2.45, 2.75) is 108 Å². The summed E-state index contributed by atoms with van der Waals surface area (Å²) in [6.07, 6.45) is 11.9. The van der Waals surface area contributed by atoms with Gasteiger partial charge in [-0.1, -0.05) is 12.8 Å². The molecule has 2 N–H and O–H groups in total. The Morgan fingerprint density at radius 1 is 0.979 bits per heavy atom. The van der Waals surface area contributed by atoms with Crippen LogP contribution >= 0.6 is 0 Å². The van der Waals surface area contributed by atoms with Crippen molar-refractivity contribution < 1.29 is 14.3 Å². The van der Waals surface area contributed by atoms with Gasteiger partial charge in [-0.3, -0.25) is 14.0 Å². The lowest BCUT2D eigenvalue weighted by molar-refractivity contribution is -0.136. The molecule has 3 saturated heterocycles. The topological polar surface area (TPSA) is 111 Å². The maximum atomic E-state index is 13.9. The Morgan fingerprint density at radius 3 is 2.54 bits per heavy atom. The molecule has 10 nitrogen and oxygen atoms in total. The number of rotatable bonds is 7. The second-order valence-corrected chi connectivity index (χ2v) is 15.3. The summed E-state index contributed by atoms with van der Waals surface area (Å²) in [5.74, 6) is 2.08. The van der Waals surface area contributed by atoms with Gasteiger partial charge in [0.2, 0.25) is 5.91 Å². The normalized spacial score (nSPS) is 26.0. The predicted octanol–water partition coefficient (Wildman–Crippen LogP) is 5.68. The molecule has 2 amide bonds.